The lowest BCUT2D eigenvalue weighted by Crippen LogP contribution is -2.37. The summed E-state index contributed by atoms with van der Waals surface area (Å²) in [6.07, 6.45) is 0. The normalized spacial score (nSPS) is 11.1. The van der Waals surface area contributed by atoms with Crippen molar-refractivity contribution in [2.45, 2.75) is 13.8 Å². The van der Waals surface area contributed by atoms with Crippen molar-refractivity contribution in [3.8, 4) is 0 Å². The van der Waals surface area contributed by atoms with Crippen molar-refractivity contribution in [2.75, 3.05) is 10.9 Å². The van der Waals surface area contributed by atoms with Gasteiger partial charge < -0.3 is 0 Å². The molecule has 2 amide bonds. The summed E-state index contributed by atoms with van der Waals surface area (Å²) in [4.78, 5) is 88.1. The van der Waals surface area contributed by atoms with E-state index in [1.807, 2.05) is 0 Å². The topological polar surface area (TPSA) is 153 Å². The van der Waals surface area contributed by atoms with Gasteiger partial charge in [0.15, 0.2) is 5.78 Å². The SMILES string of the molecule is CC(=O)Nn1c(=O)c2cc3c(=O)n(NC(C)=O)c(=O)c3c(C(=O)c3ccc(Cl)cc3)c2c1=O. The van der Waals surface area contributed by atoms with Crippen molar-refractivity contribution < 1.29 is 14.4 Å². The Morgan fingerprint density at radius 1 is 0.727 bits per heavy atom. The van der Waals surface area contributed by atoms with Crippen LogP contribution in [0.5, 0.6) is 0 Å². The largest absolute Gasteiger partial charge is 0.289 e. The summed E-state index contributed by atoms with van der Waals surface area (Å²) >= 11 is 5.87. The molecule has 0 fully saturated rings. The molecule has 0 bridgehead atoms. The van der Waals surface area contributed by atoms with Crippen LogP contribution in [0, 0.1) is 0 Å². The first kappa shape index (κ1) is 21.8. The van der Waals surface area contributed by atoms with Crippen LogP contribution >= 0.6 is 11.6 Å². The van der Waals surface area contributed by atoms with Gasteiger partial charge in [0.25, 0.3) is 22.2 Å². The second kappa shape index (κ2) is 7.64. The van der Waals surface area contributed by atoms with Crippen molar-refractivity contribution >= 4 is 50.7 Å². The lowest BCUT2D eigenvalue weighted by molar-refractivity contribution is -0.116. The average Bonchev–Trinajstić information content (AvgIpc) is 3.12. The monoisotopic (exact) mass is 468 g/mol. The Bertz CT molecular complexity index is 1620. The number of fused-ring (bicyclic) bond motifs is 2. The van der Waals surface area contributed by atoms with Crippen LogP contribution in [-0.4, -0.2) is 26.9 Å². The predicted molar refractivity (Wildman–Crippen MR) is 120 cm³/mol. The number of amides is 2. The fourth-order valence-corrected chi connectivity index (χ4v) is 3.73. The van der Waals surface area contributed by atoms with E-state index in [-0.39, 0.29) is 16.3 Å². The van der Waals surface area contributed by atoms with Crippen LogP contribution in [0.4, 0.5) is 0 Å². The Kier molecular flexibility index (Phi) is 5.05. The summed E-state index contributed by atoms with van der Waals surface area (Å²) in [6, 6.07) is 6.50. The summed E-state index contributed by atoms with van der Waals surface area (Å²) < 4.78 is 0.808. The lowest BCUT2D eigenvalue weighted by Gasteiger charge is -2.04. The molecule has 0 atom stereocenters. The fourth-order valence-electron chi connectivity index (χ4n) is 3.60. The average molecular weight is 469 g/mol. The molecule has 166 valence electrons. The van der Waals surface area contributed by atoms with Gasteiger partial charge in [-0.05, 0) is 30.3 Å². The molecule has 2 N–H and O–H groups in total. The van der Waals surface area contributed by atoms with Crippen molar-refractivity contribution in [3.63, 3.8) is 0 Å². The molecular weight excluding hydrogens is 456 g/mol. The zero-order chi connectivity index (χ0) is 24.2. The highest BCUT2D eigenvalue weighted by atomic mass is 35.5. The number of halogens is 1. The summed E-state index contributed by atoms with van der Waals surface area (Å²) in [6.45, 7) is 2.14. The molecule has 2 heterocycles. The first-order valence-electron chi connectivity index (χ1n) is 9.36. The number of carbonyl (C=O) groups is 3. The summed E-state index contributed by atoms with van der Waals surface area (Å²) in [5.41, 5.74) is -0.435. The molecule has 0 spiro atoms. The lowest BCUT2D eigenvalue weighted by atomic mass is 9.95. The number of benzene rings is 2. The van der Waals surface area contributed by atoms with E-state index in [4.69, 9.17) is 11.6 Å². The van der Waals surface area contributed by atoms with Crippen LogP contribution in [0.25, 0.3) is 21.5 Å². The Morgan fingerprint density at radius 3 is 1.55 bits per heavy atom. The van der Waals surface area contributed by atoms with Crippen molar-refractivity contribution in [1.82, 2.24) is 9.35 Å². The van der Waals surface area contributed by atoms with Crippen LogP contribution in [0.1, 0.15) is 29.8 Å². The molecule has 2 aromatic carbocycles. The summed E-state index contributed by atoms with van der Waals surface area (Å²) in [5, 5.41) is -1.27. The maximum absolute atomic E-state index is 13.5. The van der Waals surface area contributed by atoms with Gasteiger partial charge in [-0.25, -0.2) is 0 Å². The van der Waals surface area contributed by atoms with E-state index in [9.17, 15) is 33.6 Å². The Morgan fingerprint density at radius 2 is 1.15 bits per heavy atom. The zero-order valence-electron chi connectivity index (χ0n) is 17.0. The minimum atomic E-state index is -1.05. The van der Waals surface area contributed by atoms with E-state index in [0.29, 0.717) is 14.4 Å². The summed E-state index contributed by atoms with van der Waals surface area (Å²) in [5.74, 6) is -2.30. The predicted octanol–water partition coefficient (Wildman–Crippen LogP) is -0.0232. The van der Waals surface area contributed by atoms with E-state index in [2.05, 4.69) is 10.9 Å². The Labute approximate surface area is 187 Å². The highest BCUT2D eigenvalue weighted by Crippen LogP contribution is 2.25. The van der Waals surface area contributed by atoms with Gasteiger partial charge in [0.2, 0.25) is 11.8 Å². The quantitative estimate of drug-likeness (QED) is 0.399. The third kappa shape index (κ3) is 3.34. The van der Waals surface area contributed by atoms with Gasteiger partial charge in [0.1, 0.15) is 0 Å². The number of nitrogens with zero attached hydrogens (tertiary/aromatic N) is 2. The van der Waals surface area contributed by atoms with Gasteiger partial charge >= 0.3 is 0 Å². The van der Waals surface area contributed by atoms with E-state index in [1.54, 1.807) is 0 Å². The van der Waals surface area contributed by atoms with Crippen molar-refractivity contribution in [1.29, 1.82) is 0 Å². The zero-order valence-corrected chi connectivity index (χ0v) is 17.8. The van der Waals surface area contributed by atoms with Gasteiger partial charge in [-0.3, -0.25) is 44.4 Å². The number of aromatic nitrogens is 2. The molecule has 4 aromatic rings. The molecule has 33 heavy (non-hydrogen) atoms. The van der Waals surface area contributed by atoms with Crippen molar-refractivity contribution in [2.24, 2.45) is 0 Å². The van der Waals surface area contributed by atoms with Gasteiger partial charge in [-0.2, -0.15) is 9.35 Å². The van der Waals surface area contributed by atoms with Crippen LogP contribution in [0.2, 0.25) is 5.02 Å². The molecular formula is C21H13ClN4O7. The van der Waals surface area contributed by atoms with Gasteiger partial charge in [-0.15, -0.1) is 0 Å². The third-order valence-corrected chi connectivity index (χ3v) is 5.15. The van der Waals surface area contributed by atoms with Crippen LogP contribution < -0.4 is 33.1 Å². The first-order chi connectivity index (χ1) is 15.5. The molecule has 11 nitrogen and oxygen atoms in total. The number of nitrogens with one attached hydrogen (secondary N) is 2. The third-order valence-electron chi connectivity index (χ3n) is 4.90. The van der Waals surface area contributed by atoms with E-state index in [0.717, 1.165) is 19.9 Å². The molecule has 0 aliphatic heterocycles. The standard InChI is InChI=1S/C21H13ClN4O7/c1-8(27)23-25-18(30)12-7-13-15(21(33)26(19(13)31)24-9(2)28)16(14(12)20(25)32)17(29)10-3-5-11(22)6-4-10/h3-7H,1-2H3,(H,23,27)(H,24,28). The molecule has 4 rings (SSSR count). The van der Waals surface area contributed by atoms with Crippen molar-refractivity contribution in [3.05, 3.63) is 87.9 Å². The highest BCUT2D eigenvalue weighted by Gasteiger charge is 2.29. The molecule has 0 aliphatic carbocycles. The molecule has 0 unspecified atom stereocenters. The smallest absolute Gasteiger partial charge is 0.281 e. The number of hydrogen-bond donors (Lipinski definition) is 2. The highest BCUT2D eigenvalue weighted by molar-refractivity contribution is 6.31. The molecule has 2 aromatic heterocycles. The number of hydrogen-bond acceptors (Lipinski definition) is 7. The van der Waals surface area contributed by atoms with Crippen LogP contribution in [0.3, 0.4) is 0 Å². The van der Waals surface area contributed by atoms with Crippen LogP contribution in [0.15, 0.2) is 49.5 Å². The van der Waals surface area contributed by atoms with Crippen LogP contribution in [-0.2, 0) is 9.59 Å². The Hall–Kier alpha value is -4.38. The maximum atomic E-state index is 13.5. The summed E-state index contributed by atoms with van der Waals surface area (Å²) in [7, 11) is 0. The second-order valence-corrected chi connectivity index (χ2v) is 7.60. The molecule has 0 saturated heterocycles. The first-order valence-corrected chi connectivity index (χ1v) is 9.74. The van der Waals surface area contributed by atoms with Gasteiger partial charge in [-0.1, -0.05) is 11.6 Å². The van der Waals surface area contributed by atoms with E-state index in [1.165, 1.54) is 24.3 Å². The fraction of sp³-hybridized carbons (Fsp3) is 0.0952. The second-order valence-electron chi connectivity index (χ2n) is 7.16. The molecule has 0 aliphatic rings. The van der Waals surface area contributed by atoms with E-state index >= 15 is 0 Å². The molecule has 0 saturated carbocycles. The van der Waals surface area contributed by atoms with Gasteiger partial charge in [0, 0.05) is 30.0 Å². The molecule has 12 heteroatoms. The van der Waals surface area contributed by atoms with E-state index < -0.39 is 56.2 Å². The Balaban J connectivity index is 2.23. The maximum Gasteiger partial charge on any atom is 0.281 e. The number of carbonyl (C=O) groups excluding carboxylic acids is 3. The number of ketones is 1. The minimum Gasteiger partial charge on any atom is -0.289 e. The number of rotatable bonds is 4. The molecule has 0 radical (unpaired) electrons. The minimum absolute atomic E-state index is 0.0199. The van der Waals surface area contributed by atoms with Gasteiger partial charge in [0.05, 0.1) is 21.5 Å².